The number of hydrogen-bond donors (Lipinski definition) is 0. The number of amides is 1. The third-order valence-electron chi connectivity index (χ3n) is 4.84. The first-order chi connectivity index (χ1) is 13.4. The van der Waals surface area contributed by atoms with E-state index in [9.17, 15) is 13.2 Å². The molecular weight excluding hydrogens is 376 g/mol. The van der Waals surface area contributed by atoms with Gasteiger partial charge >= 0.3 is 0 Å². The lowest BCUT2D eigenvalue weighted by Crippen LogP contribution is -2.61. The fourth-order valence-electron chi connectivity index (χ4n) is 3.32. The van der Waals surface area contributed by atoms with Gasteiger partial charge in [0.2, 0.25) is 10.0 Å². The van der Waals surface area contributed by atoms with E-state index >= 15 is 0 Å². The second-order valence-corrected chi connectivity index (χ2v) is 8.82. The molecule has 3 aromatic rings. The Morgan fingerprint density at radius 3 is 2.57 bits per heavy atom. The van der Waals surface area contributed by atoms with Gasteiger partial charge in [-0.3, -0.25) is 9.78 Å². The second kappa shape index (κ2) is 7.29. The van der Waals surface area contributed by atoms with Crippen LogP contribution in [-0.4, -0.2) is 58.9 Å². The molecule has 1 amide bonds. The van der Waals surface area contributed by atoms with Crippen molar-refractivity contribution in [3.05, 3.63) is 72.2 Å². The first-order valence-corrected chi connectivity index (χ1v) is 10.8. The number of fused-ring (bicyclic) bond motifs is 1. The fourth-order valence-corrected chi connectivity index (χ4v) is 4.36. The van der Waals surface area contributed by atoms with Crippen LogP contribution in [-0.2, 0) is 16.6 Å². The molecule has 0 unspecified atom stereocenters. The summed E-state index contributed by atoms with van der Waals surface area (Å²) in [6.45, 7) is 0.876. The Labute approximate surface area is 163 Å². The van der Waals surface area contributed by atoms with E-state index in [4.69, 9.17) is 0 Å². The SMILES string of the molecule is CS(=O)(=O)N(Cc1ccccn1)C1CN(C(=O)c2ccc3ccccc3n2)C1. The number of aromatic nitrogens is 2. The van der Waals surface area contributed by atoms with E-state index in [0.717, 1.165) is 10.9 Å². The van der Waals surface area contributed by atoms with Crippen molar-refractivity contribution in [2.45, 2.75) is 12.6 Å². The van der Waals surface area contributed by atoms with Gasteiger partial charge in [0, 0.05) is 24.7 Å². The number of benzene rings is 1. The zero-order valence-electron chi connectivity index (χ0n) is 15.4. The molecule has 28 heavy (non-hydrogen) atoms. The smallest absolute Gasteiger partial charge is 0.272 e. The molecule has 0 radical (unpaired) electrons. The Hall–Kier alpha value is -2.84. The summed E-state index contributed by atoms with van der Waals surface area (Å²) in [6.07, 6.45) is 2.82. The van der Waals surface area contributed by atoms with Crippen LogP contribution in [0.3, 0.4) is 0 Å². The van der Waals surface area contributed by atoms with Gasteiger partial charge in [0.1, 0.15) is 5.69 Å². The van der Waals surface area contributed by atoms with Gasteiger partial charge in [-0.25, -0.2) is 13.4 Å². The summed E-state index contributed by atoms with van der Waals surface area (Å²) in [7, 11) is -3.43. The number of carbonyl (C=O) groups is 1. The van der Waals surface area contributed by atoms with Crippen LogP contribution in [0.5, 0.6) is 0 Å². The third-order valence-corrected chi connectivity index (χ3v) is 6.12. The van der Waals surface area contributed by atoms with E-state index in [0.29, 0.717) is 24.5 Å². The highest BCUT2D eigenvalue weighted by Gasteiger charge is 2.39. The van der Waals surface area contributed by atoms with Gasteiger partial charge in [0.15, 0.2) is 0 Å². The summed E-state index contributed by atoms with van der Waals surface area (Å²) >= 11 is 0. The first kappa shape index (κ1) is 18.5. The number of carbonyl (C=O) groups excluding carboxylic acids is 1. The fraction of sp³-hybridized carbons (Fsp3) is 0.250. The van der Waals surface area contributed by atoms with E-state index in [-0.39, 0.29) is 18.5 Å². The minimum absolute atomic E-state index is 0.187. The van der Waals surface area contributed by atoms with Crippen molar-refractivity contribution in [1.82, 2.24) is 19.2 Å². The number of para-hydroxylation sites is 1. The van der Waals surface area contributed by atoms with E-state index < -0.39 is 10.0 Å². The van der Waals surface area contributed by atoms with E-state index in [1.165, 1.54) is 10.6 Å². The molecule has 7 nitrogen and oxygen atoms in total. The molecular formula is C20H20N4O3S. The Morgan fingerprint density at radius 2 is 1.86 bits per heavy atom. The lowest BCUT2D eigenvalue weighted by Gasteiger charge is -2.44. The van der Waals surface area contributed by atoms with Crippen LogP contribution < -0.4 is 0 Å². The van der Waals surface area contributed by atoms with Gasteiger partial charge in [-0.2, -0.15) is 4.31 Å². The number of hydrogen-bond acceptors (Lipinski definition) is 5. The summed E-state index contributed by atoms with van der Waals surface area (Å²) in [5.74, 6) is -0.187. The molecule has 1 aliphatic heterocycles. The maximum absolute atomic E-state index is 12.7. The average Bonchev–Trinajstić information content (AvgIpc) is 2.65. The van der Waals surface area contributed by atoms with Crippen LogP contribution >= 0.6 is 0 Å². The molecule has 0 saturated carbocycles. The van der Waals surface area contributed by atoms with Crippen molar-refractivity contribution in [2.24, 2.45) is 0 Å². The lowest BCUT2D eigenvalue weighted by atomic mass is 10.1. The summed E-state index contributed by atoms with van der Waals surface area (Å²) in [5, 5.41) is 0.971. The van der Waals surface area contributed by atoms with Gasteiger partial charge in [0.25, 0.3) is 5.91 Å². The zero-order valence-corrected chi connectivity index (χ0v) is 16.2. The normalized spacial score (nSPS) is 15.0. The number of sulfonamides is 1. The molecule has 0 N–H and O–H groups in total. The molecule has 0 aliphatic carbocycles. The molecule has 2 aromatic heterocycles. The molecule has 3 heterocycles. The maximum atomic E-state index is 12.7. The number of likely N-dealkylation sites (tertiary alicyclic amines) is 1. The summed E-state index contributed by atoms with van der Waals surface area (Å²) in [6, 6.07) is 16.3. The van der Waals surface area contributed by atoms with Gasteiger partial charge in [-0.15, -0.1) is 0 Å². The molecule has 1 aliphatic rings. The van der Waals surface area contributed by atoms with Crippen LogP contribution in [0.4, 0.5) is 0 Å². The summed E-state index contributed by atoms with van der Waals surface area (Å²) in [4.78, 5) is 23.0. The Balaban J connectivity index is 1.47. The lowest BCUT2D eigenvalue weighted by molar-refractivity contribution is 0.0437. The number of rotatable bonds is 5. The number of pyridine rings is 2. The van der Waals surface area contributed by atoms with Crippen LogP contribution in [0, 0.1) is 0 Å². The molecule has 8 heteroatoms. The predicted octanol–water partition coefficient (Wildman–Crippen LogP) is 1.92. The highest BCUT2D eigenvalue weighted by molar-refractivity contribution is 7.88. The molecule has 0 bridgehead atoms. The average molecular weight is 396 g/mol. The summed E-state index contributed by atoms with van der Waals surface area (Å²) in [5.41, 5.74) is 1.81. The van der Waals surface area contributed by atoms with E-state index in [1.54, 1.807) is 29.3 Å². The molecule has 0 spiro atoms. The third kappa shape index (κ3) is 3.74. The molecule has 1 saturated heterocycles. The largest absolute Gasteiger partial charge is 0.334 e. The van der Waals surface area contributed by atoms with Crippen LogP contribution in [0.25, 0.3) is 10.9 Å². The van der Waals surface area contributed by atoms with Crippen molar-refractivity contribution in [1.29, 1.82) is 0 Å². The molecule has 1 aromatic carbocycles. The standard InChI is InChI=1S/C20H20N4O3S/c1-28(26,27)24(12-16-7-4-5-11-21-16)17-13-23(14-17)20(25)19-10-9-15-6-2-3-8-18(15)22-19/h2-11,17H,12-14H2,1H3. The van der Waals surface area contributed by atoms with E-state index in [2.05, 4.69) is 9.97 Å². The minimum atomic E-state index is -3.43. The second-order valence-electron chi connectivity index (χ2n) is 6.88. The quantitative estimate of drug-likeness (QED) is 0.658. The van der Waals surface area contributed by atoms with Crippen LogP contribution in [0.1, 0.15) is 16.2 Å². The number of nitrogens with zero attached hydrogens (tertiary/aromatic N) is 4. The Morgan fingerprint density at radius 1 is 1.11 bits per heavy atom. The Bertz CT molecular complexity index is 1110. The topological polar surface area (TPSA) is 83.5 Å². The zero-order chi connectivity index (χ0) is 19.7. The van der Waals surface area contributed by atoms with Crippen molar-refractivity contribution >= 4 is 26.8 Å². The molecule has 0 atom stereocenters. The highest BCUT2D eigenvalue weighted by Crippen LogP contribution is 2.22. The molecule has 4 rings (SSSR count). The van der Waals surface area contributed by atoms with Crippen LogP contribution in [0.2, 0.25) is 0 Å². The van der Waals surface area contributed by atoms with Gasteiger partial charge in [-0.05, 0) is 24.3 Å². The predicted molar refractivity (Wildman–Crippen MR) is 106 cm³/mol. The van der Waals surface area contributed by atoms with Crippen molar-refractivity contribution < 1.29 is 13.2 Å². The highest BCUT2D eigenvalue weighted by atomic mass is 32.2. The summed E-state index contributed by atoms with van der Waals surface area (Å²) < 4.78 is 25.9. The van der Waals surface area contributed by atoms with Crippen LogP contribution in [0.15, 0.2) is 60.8 Å². The van der Waals surface area contributed by atoms with E-state index in [1.807, 2.05) is 36.4 Å². The van der Waals surface area contributed by atoms with Gasteiger partial charge in [0.05, 0.1) is 30.1 Å². The van der Waals surface area contributed by atoms with Gasteiger partial charge in [-0.1, -0.05) is 30.3 Å². The first-order valence-electron chi connectivity index (χ1n) is 8.93. The maximum Gasteiger partial charge on any atom is 0.272 e. The molecule has 144 valence electrons. The molecule has 1 fully saturated rings. The minimum Gasteiger partial charge on any atom is -0.334 e. The van der Waals surface area contributed by atoms with Crippen molar-refractivity contribution in [2.75, 3.05) is 19.3 Å². The van der Waals surface area contributed by atoms with Crippen molar-refractivity contribution in [3.63, 3.8) is 0 Å². The Kier molecular flexibility index (Phi) is 4.82. The monoisotopic (exact) mass is 396 g/mol. The van der Waals surface area contributed by atoms with Gasteiger partial charge < -0.3 is 4.90 Å². The van der Waals surface area contributed by atoms with Crippen molar-refractivity contribution in [3.8, 4) is 0 Å².